The molecule has 3 rings (SSSR count). The molecule has 4 nitrogen and oxygen atoms in total. The van der Waals surface area contributed by atoms with Gasteiger partial charge in [0.15, 0.2) is 0 Å². The van der Waals surface area contributed by atoms with Crippen LogP contribution in [0.1, 0.15) is 18.4 Å². The van der Waals surface area contributed by atoms with Crippen LogP contribution in [0.2, 0.25) is 5.15 Å². The molecule has 1 saturated heterocycles. The zero-order chi connectivity index (χ0) is 15.2. The molecule has 2 aromatic rings. The number of nitrogens with zero attached hydrogens (tertiary/aromatic N) is 1. The highest BCUT2D eigenvalue weighted by Gasteiger charge is 2.16. The Morgan fingerprint density at radius 3 is 2.82 bits per heavy atom. The van der Waals surface area contributed by atoms with Gasteiger partial charge in [-0.2, -0.15) is 0 Å². The molecule has 1 aromatic carbocycles. The van der Waals surface area contributed by atoms with Crippen molar-refractivity contribution in [1.29, 1.82) is 0 Å². The first-order valence-corrected chi connectivity index (χ1v) is 7.76. The van der Waals surface area contributed by atoms with E-state index in [9.17, 15) is 0 Å². The monoisotopic (exact) mass is 319 g/mol. The maximum absolute atomic E-state index is 6.02. The Kier molecular flexibility index (Phi) is 5.14. The van der Waals surface area contributed by atoms with Crippen molar-refractivity contribution in [3.05, 3.63) is 53.2 Å². The zero-order valence-corrected chi connectivity index (χ0v) is 13.0. The third kappa shape index (κ3) is 4.36. The van der Waals surface area contributed by atoms with E-state index in [1.165, 1.54) is 0 Å². The van der Waals surface area contributed by atoms with Gasteiger partial charge in [-0.3, -0.25) is 0 Å². The number of hydrogen-bond donors (Lipinski definition) is 0. The first-order valence-electron chi connectivity index (χ1n) is 7.38. The summed E-state index contributed by atoms with van der Waals surface area (Å²) in [5.74, 6) is 1.11. The van der Waals surface area contributed by atoms with Crippen LogP contribution in [0.25, 0.3) is 0 Å². The van der Waals surface area contributed by atoms with E-state index in [-0.39, 0.29) is 6.10 Å². The summed E-state index contributed by atoms with van der Waals surface area (Å²) in [6, 6.07) is 13.4. The Hall–Kier alpha value is -1.78. The maximum Gasteiger partial charge on any atom is 0.218 e. The number of hydrogen-bond acceptors (Lipinski definition) is 4. The summed E-state index contributed by atoms with van der Waals surface area (Å²) in [4.78, 5) is 4.16. The topological polar surface area (TPSA) is 40.6 Å². The van der Waals surface area contributed by atoms with Crippen molar-refractivity contribution in [2.45, 2.75) is 25.6 Å². The van der Waals surface area contributed by atoms with Crippen molar-refractivity contribution in [3.63, 3.8) is 0 Å². The van der Waals surface area contributed by atoms with Crippen LogP contribution in [0.3, 0.4) is 0 Å². The summed E-state index contributed by atoms with van der Waals surface area (Å²) in [5.41, 5.74) is 1.09. The lowest BCUT2D eigenvalue weighted by Crippen LogP contribution is -2.16. The van der Waals surface area contributed by atoms with Gasteiger partial charge in [0.2, 0.25) is 5.88 Å². The van der Waals surface area contributed by atoms with Crippen LogP contribution >= 0.6 is 11.6 Å². The first-order chi connectivity index (χ1) is 10.8. The zero-order valence-electron chi connectivity index (χ0n) is 12.2. The van der Waals surface area contributed by atoms with E-state index in [1.807, 2.05) is 30.3 Å². The molecule has 0 amide bonds. The van der Waals surface area contributed by atoms with Crippen molar-refractivity contribution < 1.29 is 14.2 Å². The third-order valence-corrected chi connectivity index (χ3v) is 3.63. The molecule has 1 fully saturated rings. The molecule has 0 spiro atoms. The second-order valence-corrected chi connectivity index (χ2v) is 5.57. The second kappa shape index (κ2) is 7.47. The quantitative estimate of drug-likeness (QED) is 0.758. The van der Waals surface area contributed by atoms with Crippen LogP contribution in [-0.4, -0.2) is 24.3 Å². The van der Waals surface area contributed by atoms with Crippen LogP contribution in [-0.2, 0) is 11.3 Å². The standard InChI is InChI=1S/C17H18ClNO3/c18-16-9-15(21-11-13-5-2-1-3-6-13)10-17(19-16)22-12-14-7-4-8-20-14/h1-3,5-6,9-10,14H,4,7-8,11-12H2. The minimum atomic E-state index is 0.148. The molecule has 2 heterocycles. The second-order valence-electron chi connectivity index (χ2n) is 5.18. The smallest absolute Gasteiger partial charge is 0.218 e. The lowest BCUT2D eigenvalue weighted by atomic mass is 10.2. The third-order valence-electron chi connectivity index (χ3n) is 3.43. The highest BCUT2D eigenvalue weighted by molar-refractivity contribution is 6.29. The van der Waals surface area contributed by atoms with Crippen molar-refractivity contribution in [2.75, 3.05) is 13.2 Å². The van der Waals surface area contributed by atoms with Crippen molar-refractivity contribution in [1.82, 2.24) is 4.98 Å². The largest absolute Gasteiger partial charge is 0.489 e. The molecule has 1 atom stereocenters. The fourth-order valence-corrected chi connectivity index (χ4v) is 2.49. The van der Waals surface area contributed by atoms with E-state index in [4.69, 9.17) is 25.8 Å². The lowest BCUT2D eigenvalue weighted by Gasteiger charge is -2.12. The van der Waals surface area contributed by atoms with Crippen molar-refractivity contribution in [2.24, 2.45) is 0 Å². The van der Waals surface area contributed by atoms with E-state index >= 15 is 0 Å². The molecular weight excluding hydrogens is 302 g/mol. The molecule has 0 aliphatic carbocycles. The van der Waals surface area contributed by atoms with Gasteiger partial charge < -0.3 is 14.2 Å². The molecule has 116 valence electrons. The number of benzene rings is 1. The molecule has 0 N–H and O–H groups in total. The van der Waals surface area contributed by atoms with Crippen LogP contribution < -0.4 is 9.47 Å². The van der Waals surface area contributed by atoms with Gasteiger partial charge in [0.1, 0.15) is 24.1 Å². The molecule has 0 radical (unpaired) electrons. The minimum Gasteiger partial charge on any atom is -0.489 e. The van der Waals surface area contributed by atoms with Crippen LogP contribution in [0, 0.1) is 0 Å². The average Bonchev–Trinajstić information content (AvgIpc) is 3.05. The fourth-order valence-electron chi connectivity index (χ4n) is 2.30. The molecule has 1 aliphatic heterocycles. The Labute approximate surface area is 135 Å². The fraction of sp³-hybridized carbons (Fsp3) is 0.353. The van der Waals surface area contributed by atoms with Gasteiger partial charge in [-0.05, 0) is 18.4 Å². The first kappa shape index (κ1) is 15.1. The minimum absolute atomic E-state index is 0.148. The summed E-state index contributed by atoms with van der Waals surface area (Å²) in [7, 11) is 0. The van der Waals surface area contributed by atoms with E-state index in [1.54, 1.807) is 12.1 Å². The summed E-state index contributed by atoms with van der Waals surface area (Å²) < 4.78 is 16.9. The van der Waals surface area contributed by atoms with Crippen molar-refractivity contribution >= 4 is 11.6 Å². The number of rotatable bonds is 6. The molecule has 1 unspecified atom stereocenters. The highest BCUT2D eigenvalue weighted by atomic mass is 35.5. The molecule has 0 bridgehead atoms. The summed E-state index contributed by atoms with van der Waals surface area (Å²) in [6.07, 6.45) is 2.26. The van der Waals surface area contributed by atoms with Crippen molar-refractivity contribution in [3.8, 4) is 11.6 Å². The van der Waals surface area contributed by atoms with Gasteiger partial charge >= 0.3 is 0 Å². The van der Waals surface area contributed by atoms with Gasteiger partial charge in [0.25, 0.3) is 0 Å². The SMILES string of the molecule is Clc1cc(OCc2ccccc2)cc(OCC2CCCO2)n1. The normalized spacial score (nSPS) is 17.4. The van der Waals surface area contributed by atoms with Gasteiger partial charge in [-0.1, -0.05) is 41.9 Å². The van der Waals surface area contributed by atoms with Gasteiger partial charge in [-0.25, -0.2) is 4.98 Å². The van der Waals surface area contributed by atoms with E-state index in [0.717, 1.165) is 25.0 Å². The summed E-state index contributed by atoms with van der Waals surface area (Å²) >= 11 is 6.02. The van der Waals surface area contributed by atoms with Crippen LogP contribution in [0.15, 0.2) is 42.5 Å². The summed E-state index contributed by atoms with van der Waals surface area (Å²) in [6.45, 7) is 1.78. The lowest BCUT2D eigenvalue weighted by molar-refractivity contribution is 0.0662. The van der Waals surface area contributed by atoms with Gasteiger partial charge in [0.05, 0.1) is 6.10 Å². The van der Waals surface area contributed by atoms with E-state index < -0.39 is 0 Å². The Morgan fingerprint density at radius 2 is 2.05 bits per heavy atom. The van der Waals surface area contributed by atoms with E-state index in [0.29, 0.717) is 30.0 Å². The maximum atomic E-state index is 6.02. The highest BCUT2D eigenvalue weighted by Crippen LogP contribution is 2.24. The van der Waals surface area contributed by atoms with E-state index in [2.05, 4.69) is 4.98 Å². The van der Waals surface area contributed by atoms with Gasteiger partial charge in [-0.15, -0.1) is 0 Å². The number of halogens is 1. The number of ether oxygens (including phenoxy) is 3. The molecule has 1 aromatic heterocycles. The summed E-state index contributed by atoms with van der Waals surface area (Å²) in [5, 5.41) is 0.355. The predicted molar refractivity (Wildman–Crippen MR) is 84.5 cm³/mol. The van der Waals surface area contributed by atoms with Crippen LogP contribution in [0.5, 0.6) is 11.6 Å². The molecule has 0 saturated carbocycles. The Morgan fingerprint density at radius 1 is 1.18 bits per heavy atom. The Balaban J connectivity index is 1.59. The molecule has 5 heteroatoms. The van der Waals surface area contributed by atoms with Crippen LogP contribution in [0.4, 0.5) is 0 Å². The molecular formula is C17H18ClNO3. The number of aromatic nitrogens is 1. The average molecular weight is 320 g/mol. The Bertz CT molecular complexity index is 600. The molecule has 1 aliphatic rings. The predicted octanol–water partition coefficient (Wildman–Crippen LogP) is 3.87. The molecule has 22 heavy (non-hydrogen) atoms. The number of pyridine rings is 1. The van der Waals surface area contributed by atoms with Gasteiger partial charge in [0, 0.05) is 18.7 Å².